The van der Waals surface area contributed by atoms with E-state index in [0.29, 0.717) is 11.3 Å². The molecule has 4 heteroatoms. The third kappa shape index (κ3) is 1.11. The highest BCUT2D eigenvalue weighted by molar-refractivity contribution is 7.75. The molecule has 1 aliphatic rings. The van der Waals surface area contributed by atoms with E-state index in [1.807, 2.05) is 24.3 Å². The van der Waals surface area contributed by atoms with E-state index in [0.717, 1.165) is 16.5 Å². The Balaban J connectivity index is 2.46. The van der Waals surface area contributed by atoms with Gasteiger partial charge >= 0.3 is 0 Å². The number of anilines is 1. The van der Waals surface area contributed by atoms with Gasteiger partial charge in [0.25, 0.3) is 5.91 Å². The Hall–Kier alpha value is -1.68. The van der Waals surface area contributed by atoms with Crippen molar-refractivity contribution in [2.45, 2.75) is 0 Å². The predicted molar refractivity (Wildman–Crippen MR) is 61.5 cm³/mol. The van der Waals surface area contributed by atoms with Gasteiger partial charge in [-0.3, -0.25) is 4.79 Å². The number of carbonyl (C=O) groups is 1. The number of hydrogen-bond acceptors (Lipinski definition) is 3. The maximum atomic E-state index is 11.6. The average molecular weight is 217 g/mol. The largest absolute Gasteiger partial charge is 0.429 e. The SMILES string of the molecule is O=C1Nc2cccc3cc(OS)cc1c23. The van der Waals surface area contributed by atoms with E-state index >= 15 is 0 Å². The van der Waals surface area contributed by atoms with Crippen LogP contribution in [0.3, 0.4) is 0 Å². The molecule has 1 amide bonds. The van der Waals surface area contributed by atoms with Crippen LogP contribution in [0.25, 0.3) is 10.8 Å². The lowest BCUT2D eigenvalue weighted by atomic mass is 10.1. The molecule has 1 N–H and O–H groups in total. The average Bonchev–Trinajstić information content (AvgIpc) is 2.58. The van der Waals surface area contributed by atoms with E-state index in [1.54, 1.807) is 6.07 Å². The van der Waals surface area contributed by atoms with Crippen LogP contribution in [0.2, 0.25) is 0 Å². The zero-order valence-corrected chi connectivity index (χ0v) is 8.54. The van der Waals surface area contributed by atoms with Gasteiger partial charge in [-0.05, 0) is 23.6 Å². The molecule has 3 nitrogen and oxygen atoms in total. The third-order valence-electron chi connectivity index (χ3n) is 2.55. The third-order valence-corrected chi connectivity index (χ3v) is 2.76. The maximum Gasteiger partial charge on any atom is 0.256 e. The molecule has 1 heterocycles. The van der Waals surface area contributed by atoms with Crippen molar-refractivity contribution in [3.63, 3.8) is 0 Å². The summed E-state index contributed by atoms with van der Waals surface area (Å²) in [4.78, 5) is 11.6. The van der Waals surface area contributed by atoms with Gasteiger partial charge in [0.15, 0.2) is 0 Å². The van der Waals surface area contributed by atoms with Crippen molar-refractivity contribution in [3.8, 4) is 5.75 Å². The van der Waals surface area contributed by atoms with E-state index in [4.69, 9.17) is 4.18 Å². The molecule has 0 aromatic heterocycles. The normalized spacial score (nSPS) is 13.0. The summed E-state index contributed by atoms with van der Waals surface area (Å²) in [5.41, 5.74) is 1.50. The first kappa shape index (κ1) is 8.61. The van der Waals surface area contributed by atoms with Gasteiger partial charge in [-0.25, -0.2) is 0 Å². The number of hydrogen-bond donors (Lipinski definition) is 2. The Kier molecular flexibility index (Phi) is 1.67. The van der Waals surface area contributed by atoms with Crippen LogP contribution in [-0.2, 0) is 0 Å². The fourth-order valence-corrected chi connectivity index (χ4v) is 2.03. The quantitative estimate of drug-likeness (QED) is 0.569. The molecule has 15 heavy (non-hydrogen) atoms. The summed E-state index contributed by atoms with van der Waals surface area (Å²) in [6, 6.07) is 9.28. The first-order valence-electron chi connectivity index (χ1n) is 4.49. The van der Waals surface area contributed by atoms with Crippen LogP contribution in [0.5, 0.6) is 5.75 Å². The van der Waals surface area contributed by atoms with Gasteiger partial charge in [0.1, 0.15) is 5.75 Å². The van der Waals surface area contributed by atoms with Crippen LogP contribution < -0.4 is 9.50 Å². The van der Waals surface area contributed by atoms with Crippen molar-refractivity contribution in [1.29, 1.82) is 0 Å². The number of thiol groups is 1. The second-order valence-electron chi connectivity index (χ2n) is 3.42. The Labute approximate surface area is 91.7 Å². The van der Waals surface area contributed by atoms with Gasteiger partial charge in [-0.2, -0.15) is 0 Å². The monoisotopic (exact) mass is 217 g/mol. The van der Waals surface area contributed by atoms with Crippen molar-refractivity contribution in [3.05, 3.63) is 35.9 Å². The molecule has 3 rings (SSSR count). The highest BCUT2D eigenvalue weighted by Gasteiger charge is 2.21. The van der Waals surface area contributed by atoms with Crippen molar-refractivity contribution in [2.75, 3.05) is 5.32 Å². The van der Waals surface area contributed by atoms with Crippen molar-refractivity contribution in [1.82, 2.24) is 0 Å². The Morgan fingerprint density at radius 1 is 1.27 bits per heavy atom. The summed E-state index contributed by atoms with van der Waals surface area (Å²) in [6.07, 6.45) is 0. The highest BCUT2D eigenvalue weighted by Crippen LogP contribution is 2.35. The summed E-state index contributed by atoms with van der Waals surface area (Å²) in [7, 11) is 0. The molecule has 0 aliphatic carbocycles. The molecule has 2 aromatic carbocycles. The molecule has 0 saturated heterocycles. The molecular weight excluding hydrogens is 210 g/mol. The van der Waals surface area contributed by atoms with Gasteiger partial charge in [-0.15, -0.1) is 0 Å². The van der Waals surface area contributed by atoms with Crippen LogP contribution in [0.4, 0.5) is 5.69 Å². The Morgan fingerprint density at radius 3 is 2.93 bits per heavy atom. The Bertz CT molecular complexity index is 580. The summed E-state index contributed by atoms with van der Waals surface area (Å²) < 4.78 is 4.85. The summed E-state index contributed by atoms with van der Waals surface area (Å²) in [5, 5.41) is 4.74. The lowest BCUT2D eigenvalue weighted by Crippen LogP contribution is -2.03. The number of amides is 1. The summed E-state index contributed by atoms with van der Waals surface area (Å²) >= 11 is 3.74. The van der Waals surface area contributed by atoms with Crippen LogP contribution in [0.1, 0.15) is 10.4 Å². The van der Waals surface area contributed by atoms with Crippen LogP contribution in [-0.4, -0.2) is 5.91 Å². The first-order valence-corrected chi connectivity index (χ1v) is 4.85. The zero-order valence-electron chi connectivity index (χ0n) is 7.65. The number of carbonyl (C=O) groups excluding carboxylic acids is 1. The molecule has 0 atom stereocenters. The molecule has 0 spiro atoms. The molecule has 0 saturated carbocycles. The molecule has 0 unspecified atom stereocenters. The van der Waals surface area contributed by atoms with Crippen LogP contribution >= 0.6 is 12.9 Å². The van der Waals surface area contributed by atoms with Crippen LogP contribution in [0, 0.1) is 0 Å². The molecule has 74 valence electrons. The van der Waals surface area contributed by atoms with Crippen molar-refractivity contribution >= 4 is 35.3 Å². The predicted octanol–water partition coefficient (Wildman–Crippen LogP) is 2.63. The second-order valence-corrected chi connectivity index (χ2v) is 3.60. The van der Waals surface area contributed by atoms with Gasteiger partial charge in [-0.1, -0.05) is 12.1 Å². The number of benzene rings is 2. The van der Waals surface area contributed by atoms with E-state index < -0.39 is 0 Å². The molecular formula is C11H7NO2S. The minimum atomic E-state index is -0.0894. The standard InChI is InChI=1S/C11H7NO2S/c13-11-8-5-7(14-15)4-6-2-1-3-9(12-11)10(6)8/h1-5,15H,(H,12,13). The second kappa shape index (κ2) is 2.90. The van der Waals surface area contributed by atoms with E-state index in [9.17, 15) is 4.79 Å². The lowest BCUT2D eigenvalue weighted by Gasteiger charge is -2.02. The summed E-state index contributed by atoms with van der Waals surface area (Å²) in [6.45, 7) is 0. The van der Waals surface area contributed by atoms with Gasteiger partial charge in [0.05, 0.1) is 5.56 Å². The van der Waals surface area contributed by atoms with Crippen molar-refractivity contribution in [2.24, 2.45) is 0 Å². The fourth-order valence-electron chi connectivity index (χ4n) is 1.93. The van der Waals surface area contributed by atoms with Gasteiger partial charge < -0.3 is 9.50 Å². The zero-order chi connectivity index (χ0) is 10.4. The molecule has 2 aromatic rings. The van der Waals surface area contributed by atoms with Gasteiger partial charge in [0.2, 0.25) is 0 Å². The van der Waals surface area contributed by atoms with Gasteiger partial charge in [0, 0.05) is 24.0 Å². The van der Waals surface area contributed by atoms with E-state index in [-0.39, 0.29) is 5.91 Å². The van der Waals surface area contributed by atoms with Crippen LogP contribution in [0.15, 0.2) is 30.3 Å². The van der Waals surface area contributed by atoms with E-state index in [2.05, 4.69) is 18.2 Å². The minimum Gasteiger partial charge on any atom is -0.429 e. The number of rotatable bonds is 1. The highest BCUT2D eigenvalue weighted by atomic mass is 32.1. The topological polar surface area (TPSA) is 38.3 Å². The molecule has 0 radical (unpaired) electrons. The molecule has 0 fully saturated rings. The van der Waals surface area contributed by atoms with E-state index in [1.165, 1.54) is 0 Å². The first-order chi connectivity index (χ1) is 7.29. The Morgan fingerprint density at radius 2 is 2.13 bits per heavy atom. The number of nitrogens with one attached hydrogen (secondary N) is 1. The fraction of sp³-hybridized carbons (Fsp3) is 0. The summed E-state index contributed by atoms with van der Waals surface area (Å²) in [5.74, 6) is 0.489. The minimum absolute atomic E-state index is 0.0894. The molecule has 1 aliphatic heterocycles. The lowest BCUT2D eigenvalue weighted by molar-refractivity contribution is 0.103. The smallest absolute Gasteiger partial charge is 0.256 e. The van der Waals surface area contributed by atoms with Crippen molar-refractivity contribution < 1.29 is 8.98 Å². The maximum absolute atomic E-state index is 11.6. The molecule has 0 bridgehead atoms.